The molecule has 0 aliphatic carbocycles. The Bertz CT molecular complexity index is 834. The summed E-state index contributed by atoms with van der Waals surface area (Å²) in [7, 11) is 0. The van der Waals surface area contributed by atoms with Crippen LogP contribution in [0, 0.1) is 5.92 Å². The van der Waals surface area contributed by atoms with Crippen LogP contribution < -0.4 is 10.1 Å². The van der Waals surface area contributed by atoms with Crippen molar-refractivity contribution in [3.05, 3.63) is 66.4 Å². The first-order valence-corrected chi connectivity index (χ1v) is 8.68. The molecule has 0 bridgehead atoms. The highest BCUT2D eigenvalue weighted by molar-refractivity contribution is 5.94. The van der Waals surface area contributed by atoms with Crippen LogP contribution in [-0.4, -0.2) is 23.6 Å². The standard InChI is InChI=1S/C21H24N2O2/c1-16(2)15-25-19-9-7-18(8-10-19)21(24)22-12-14-23-13-11-17-5-3-4-6-20(17)23/h3-11,13,16H,12,14-15H2,1-2H3,(H,22,24). The smallest absolute Gasteiger partial charge is 0.251 e. The summed E-state index contributed by atoms with van der Waals surface area (Å²) in [4.78, 5) is 12.3. The van der Waals surface area contributed by atoms with Crippen LogP contribution in [0.5, 0.6) is 5.75 Å². The van der Waals surface area contributed by atoms with Crippen LogP contribution in [-0.2, 0) is 6.54 Å². The Morgan fingerprint density at radius 2 is 1.84 bits per heavy atom. The number of ether oxygens (including phenoxy) is 1. The zero-order valence-corrected chi connectivity index (χ0v) is 14.7. The van der Waals surface area contributed by atoms with E-state index in [0.29, 0.717) is 24.6 Å². The monoisotopic (exact) mass is 336 g/mol. The Hall–Kier alpha value is -2.75. The van der Waals surface area contributed by atoms with E-state index in [1.165, 1.54) is 10.9 Å². The largest absolute Gasteiger partial charge is 0.493 e. The fraction of sp³-hybridized carbons (Fsp3) is 0.286. The number of fused-ring (bicyclic) bond motifs is 1. The van der Waals surface area contributed by atoms with Crippen molar-refractivity contribution in [3.8, 4) is 5.75 Å². The fourth-order valence-corrected chi connectivity index (χ4v) is 2.69. The van der Waals surface area contributed by atoms with Gasteiger partial charge in [-0.15, -0.1) is 0 Å². The van der Waals surface area contributed by atoms with Crippen molar-refractivity contribution in [2.45, 2.75) is 20.4 Å². The lowest BCUT2D eigenvalue weighted by molar-refractivity contribution is 0.0952. The SMILES string of the molecule is CC(C)COc1ccc(C(=O)NCCn2ccc3ccccc32)cc1. The molecular weight excluding hydrogens is 312 g/mol. The first kappa shape index (κ1) is 17.1. The Balaban J connectivity index is 1.52. The van der Waals surface area contributed by atoms with Gasteiger partial charge in [-0.2, -0.15) is 0 Å². The number of hydrogen-bond donors (Lipinski definition) is 1. The van der Waals surface area contributed by atoms with Crippen LogP contribution >= 0.6 is 0 Å². The van der Waals surface area contributed by atoms with Gasteiger partial charge in [-0.05, 0) is 47.7 Å². The zero-order valence-electron chi connectivity index (χ0n) is 14.7. The summed E-state index contributed by atoms with van der Waals surface area (Å²) >= 11 is 0. The summed E-state index contributed by atoms with van der Waals surface area (Å²) in [6.07, 6.45) is 2.05. The number of carbonyl (C=O) groups is 1. The molecule has 0 saturated heterocycles. The van der Waals surface area contributed by atoms with Crippen LogP contribution in [0.25, 0.3) is 10.9 Å². The highest BCUT2D eigenvalue weighted by atomic mass is 16.5. The average molecular weight is 336 g/mol. The minimum Gasteiger partial charge on any atom is -0.493 e. The normalized spacial score (nSPS) is 11.0. The lowest BCUT2D eigenvalue weighted by Gasteiger charge is -2.10. The second kappa shape index (κ2) is 7.88. The molecule has 0 atom stereocenters. The van der Waals surface area contributed by atoms with Crippen molar-refractivity contribution >= 4 is 16.8 Å². The third-order valence-corrected chi connectivity index (χ3v) is 4.02. The van der Waals surface area contributed by atoms with E-state index < -0.39 is 0 Å². The molecule has 0 spiro atoms. The quantitative estimate of drug-likeness (QED) is 0.706. The molecule has 0 saturated carbocycles. The fourth-order valence-electron chi connectivity index (χ4n) is 2.69. The van der Waals surface area contributed by atoms with Gasteiger partial charge >= 0.3 is 0 Å². The van der Waals surface area contributed by atoms with Gasteiger partial charge in [0.15, 0.2) is 0 Å². The Kier molecular flexibility index (Phi) is 5.39. The third-order valence-electron chi connectivity index (χ3n) is 4.02. The maximum absolute atomic E-state index is 12.3. The number of amides is 1. The molecule has 0 aliphatic heterocycles. The molecule has 0 unspecified atom stereocenters. The first-order chi connectivity index (χ1) is 12.1. The molecule has 0 radical (unpaired) electrons. The van der Waals surface area contributed by atoms with Gasteiger partial charge < -0.3 is 14.6 Å². The van der Waals surface area contributed by atoms with E-state index in [1.807, 2.05) is 24.3 Å². The molecule has 1 N–H and O–H groups in total. The molecule has 0 fully saturated rings. The predicted octanol–water partition coefficient (Wildman–Crippen LogP) is 4.11. The number of rotatable bonds is 7. The van der Waals surface area contributed by atoms with Crippen LogP contribution in [0.2, 0.25) is 0 Å². The Morgan fingerprint density at radius 1 is 1.08 bits per heavy atom. The van der Waals surface area contributed by atoms with Gasteiger partial charge in [-0.1, -0.05) is 32.0 Å². The summed E-state index contributed by atoms with van der Waals surface area (Å²) in [6.45, 7) is 6.22. The van der Waals surface area contributed by atoms with Gasteiger partial charge in [0.05, 0.1) is 6.61 Å². The minimum atomic E-state index is -0.0631. The summed E-state index contributed by atoms with van der Waals surface area (Å²) in [5.41, 5.74) is 1.83. The van der Waals surface area contributed by atoms with Gasteiger partial charge in [-0.25, -0.2) is 0 Å². The summed E-state index contributed by atoms with van der Waals surface area (Å²) in [6, 6.07) is 17.6. The highest BCUT2D eigenvalue weighted by Gasteiger charge is 2.06. The molecular formula is C21H24N2O2. The van der Waals surface area contributed by atoms with Gasteiger partial charge in [0, 0.05) is 30.4 Å². The van der Waals surface area contributed by atoms with Gasteiger partial charge in [0.2, 0.25) is 0 Å². The van der Waals surface area contributed by atoms with Gasteiger partial charge in [0.25, 0.3) is 5.91 Å². The Morgan fingerprint density at radius 3 is 2.60 bits per heavy atom. The molecule has 4 heteroatoms. The van der Waals surface area contributed by atoms with Crippen LogP contribution in [0.4, 0.5) is 0 Å². The maximum atomic E-state index is 12.3. The summed E-state index contributed by atoms with van der Waals surface area (Å²) in [5, 5.41) is 4.18. The maximum Gasteiger partial charge on any atom is 0.251 e. The molecule has 1 aromatic heterocycles. The molecule has 1 heterocycles. The van der Waals surface area contributed by atoms with Crippen molar-refractivity contribution < 1.29 is 9.53 Å². The number of carbonyl (C=O) groups excluding carboxylic acids is 1. The predicted molar refractivity (Wildman–Crippen MR) is 101 cm³/mol. The lowest BCUT2D eigenvalue weighted by Crippen LogP contribution is -2.27. The number of hydrogen-bond acceptors (Lipinski definition) is 2. The molecule has 2 aromatic carbocycles. The molecule has 0 aliphatic rings. The second-order valence-electron chi connectivity index (χ2n) is 6.55. The molecule has 1 amide bonds. The number of nitrogens with one attached hydrogen (secondary N) is 1. The topological polar surface area (TPSA) is 43.3 Å². The average Bonchev–Trinajstić information content (AvgIpc) is 3.03. The van der Waals surface area contributed by atoms with E-state index in [0.717, 1.165) is 12.3 Å². The zero-order chi connectivity index (χ0) is 17.6. The van der Waals surface area contributed by atoms with E-state index in [4.69, 9.17) is 4.74 Å². The first-order valence-electron chi connectivity index (χ1n) is 8.68. The molecule has 25 heavy (non-hydrogen) atoms. The van der Waals surface area contributed by atoms with E-state index in [1.54, 1.807) is 12.1 Å². The summed E-state index contributed by atoms with van der Waals surface area (Å²) in [5.74, 6) is 1.21. The van der Waals surface area contributed by atoms with E-state index >= 15 is 0 Å². The molecule has 3 rings (SSSR count). The van der Waals surface area contributed by atoms with Crippen molar-refractivity contribution in [2.24, 2.45) is 5.92 Å². The number of benzene rings is 2. The van der Waals surface area contributed by atoms with Crippen LogP contribution in [0.3, 0.4) is 0 Å². The number of aromatic nitrogens is 1. The van der Waals surface area contributed by atoms with Crippen LogP contribution in [0.1, 0.15) is 24.2 Å². The van der Waals surface area contributed by atoms with Crippen molar-refractivity contribution in [1.29, 1.82) is 0 Å². The summed E-state index contributed by atoms with van der Waals surface area (Å²) < 4.78 is 7.79. The third kappa shape index (κ3) is 4.41. The second-order valence-corrected chi connectivity index (χ2v) is 6.55. The van der Waals surface area contributed by atoms with Crippen molar-refractivity contribution in [1.82, 2.24) is 9.88 Å². The number of para-hydroxylation sites is 1. The minimum absolute atomic E-state index is 0.0631. The van der Waals surface area contributed by atoms with Crippen molar-refractivity contribution in [2.75, 3.05) is 13.2 Å². The number of nitrogens with zero attached hydrogens (tertiary/aromatic N) is 1. The lowest BCUT2D eigenvalue weighted by atomic mass is 10.2. The molecule has 4 nitrogen and oxygen atoms in total. The van der Waals surface area contributed by atoms with E-state index in [2.05, 4.69) is 48.1 Å². The molecule has 130 valence electrons. The van der Waals surface area contributed by atoms with Gasteiger partial charge in [0.1, 0.15) is 5.75 Å². The van der Waals surface area contributed by atoms with Crippen molar-refractivity contribution in [3.63, 3.8) is 0 Å². The molecule has 3 aromatic rings. The highest BCUT2D eigenvalue weighted by Crippen LogP contribution is 2.15. The Labute approximate surface area is 148 Å². The van der Waals surface area contributed by atoms with E-state index in [9.17, 15) is 4.79 Å². The van der Waals surface area contributed by atoms with Crippen LogP contribution in [0.15, 0.2) is 60.8 Å². The van der Waals surface area contributed by atoms with E-state index in [-0.39, 0.29) is 5.91 Å². The van der Waals surface area contributed by atoms with Gasteiger partial charge in [-0.3, -0.25) is 4.79 Å².